The third kappa shape index (κ3) is 2.78. The maximum Gasteiger partial charge on any atom is 0.247 e. The summed E-state index contributed by atoms with van der Waals surface area (Å²) in [6, 6.07) is 9.17. The molecule has 0 saturated carbocycles. The van der Waals surface area contributed by atoms with Crippen molar-refractivity contribution in [1.29, 1.82) is 0 Å². The minimum absolute atomic E-state index is 0.0769. The van der Waals surface area contributed by atoms with Gasteiger partial charge in [0, 0.05) is 24.4 Å². The first-order valence-electron chi connectivity index (χ1n) is 8.99. The third-order valence-electron chi connectivity index (χ3n) is 5.29. The molecule has 0 spiro atoms. The molecule has 2 fully saturated rings. The highest BCUT2D eigenvalue weighted by molar-refractivity contribution is 5.99. The van der Waals surface area contributed by atoms with Crippen LogP contribution in [0.1, 0.15) is 24.6 Å². The molecule has 3 heterocycles. The van der Waals surface area contributed by atoms with E-state index in [4.69, 9.17) is 14.2 Å². The van der Waals surface area contributed by atoms with Crippen LogP contribution in [-0.4, -0.2) is 49.7 Å². The molecular weight excluding hydrogens is 346 g/mol. The smallest absolute Gasteiger partial charge is 0.247 e. The molecule has 2 saturated heterocycles. The van der Waals surface area contributed by atoms with Crippen LogP contribution in [0.5, 0.6) is 17.2 Å². The Morgan fingerprint density at radius 2 is 1.78 bits per heavy atom. The number of hydrogen-bond donors (Lipinski definition) is 0. The average Bonchev–Trinajstić information content (AvgIpc) is 3.29. The van der Waals surface area contributed by atoms with Crippen LogP contribution in [0.4, 0.5) is 5.82 Å². The van der Waals surface area contributed by atoms with Gasteiger partial charge < -0.3 is 14.2 Å². The summed E-state index contributed by atoms with van der Waals surface area (Å²) in [6.07, 6.45) is 3.26. The number of pyridine rings is 1. The molecule has 142 valence electrons. The van der Waals surface area contributed by atoms with Crippen molar-refractivity contribution in [2.75, 3.05) is 32.8 Å². The van der Waals surface area contributed by atoms with Crippen LogP contribution in [-0.2, 0) is 4.79 Å². The molecule has 1 aromatic carbocycles. The molecule has 7 nitrogen and oxygen atoms in total. The number of amides is 1. The van der Waals surface area contributed by atoms with Crippen molar-refractivity contribution in [2.45, 2.75) is 25.0 Å². The van der Waals surface area contributed by atoms with Gasteiger partial charge in [-0.05, 0) is 31.0 Å². The zero-order chi connectivity index (χ0) is 19.0. The van der Waals surface area contributed by atoms with Crippen LogP contribution in [0.3, 0.4) is 0 Å². The zero-order valence-electron chi connectivity index (χ0n) is 15.7. The molecule has 4 rings (SSSR count). The number of benzene rings is 1. The average molecular weight is 369 g/mol. The summed E-state index contributed by atoms with van der Waals surface area (Å²) in [4.78, 5) is 21.6. The fourth-order valence-corrected chi connectivity index (χ4v) is 4.08. The molecule has 0 radical (unpaired) electrons. The fourth-order valence-electron chi connectivity index (χ4n) is 4.08. The van der Waals surface area contributed by atoms with E-state index in [1.807, 2.05) is 24.3 Å². The van der Waals surface area contributed by atoms with E-state index in [1.165, 1.54) is 0 Å². The SMILES string of the molecule is COc1cc(OC)c([C@H]2N(c3ccccn3)C(=O)[C@@H]3CCCN32)cc1OC. The van der Waals surface area contributed by atoms with E-state index < -0.39 is 0 Å². The zero-order valence-corrected chi connectivity index (χ0v) is 15.7. The van der Waals surface area contributed by atoms with Crippen molar-refractivity contribution in [1.82, 2.24) is 9.88 Å². The molecule has 0 N–H and O–H groups in total. The van der Waals surface area contributed by atoms with Crippen molar-refractivity contribution in [2.24, 2.45) is 0 Å². The summed E-state index contributed by atoms with van der Waals surface area (Å²) in [5.74, 6) is 2.56. The standard InChI is InChI=1S/C20H23N3O4/c1-25-15-12-17(27-3)16(26-2)11-13(15)19-22-10-6-7-14(22)20(24)23(19)18-8-4-5-9-21-18/h4-5,8-9,11-12,14,19H,6-7,10H2,1-3H3/t14-,19+/m0/s1. The molecule has 2 aliphatic rings. The van der Waals surface area contributed by atoms with Gasteiger partial charge in [-0.2, -0.15) is 0 Å². The van der Waals surface area contributed by atoms with Gasteiger partial charge in [0.25, 0.3) is 0 Å². The highest BCUT2D eigenvalue weighted by Gasteiger charge is 2.50. The minimum atomic E-state index is -0.297. The Kier molecular flexibility index (Phi) is 4.61. The molecule has 27 heavy (non-hydrogen) atoms. The van der Waals surface area contributed by atoms with E-state index >= 15 is 0 Å². The normalized spacial score (nSPS) is 22.0. The van der Waals surface area contributed by atoms with Crippen molar-refractivity contribution in [3.63, 3.8) is 0 Å². The van der Waals surface area contributed by atoms with Crippen LogP contribution < -0.4 is 19.1 Å². The molecule has 0 bridgehead atoms. The Balaban J connectivity index is 1.87. The Bertz CT molecular complexity index is 843. The number of carbonyl (C=O) groups excluding carboxylic acids is 1. The highest BCUT2D eigenvalue weighted by Crippen LogP contribution is 2.47. The molecule has 0 aliphatic carbocycles. The van der Waals surface area contributed by atoms with Gasteiger partial charge in [0.2, 0.25) is 5.91 Å². The minimum Gasteiger partial charge on any atom is -0.496 e. The second kappa shape index (κ2) is 7.08. The number of aromatic nitrogens is 1. The number of fused-ring (bicyclic) bond motifs is 1. The number of hydrogen-bond acceptors (Lipinski definition) is 6. The molecule has 2 aromatic rings. The van der Waals surface area contributed by atoms with Gasteiger partial charge in [-0.15, -0.1) is 0 Å². The predicted octanol–water partition coefficient (Wildman–Crippen LogP) is 2.62. The lowest BCUT2D eigenvalue weighted by Gasteiger charge is -2.30. The molecule has 0 unspecified atom stereocenters. The topological polar surface area (TPSA) is 64.1 Å². The van der Waals surface area contributed by atoms with Gasteiger partial charge in [-0.3, -0.25) is 14.6 Å². The van der Waals surface area contributed by atoms with Gasteiger partial charge in [0.15, 0.2) is 11.5 Å². The summed E-state index contributed by atoms with van der Waals surface area (Å²) in [7, 11) is 4.81. The first kappa shape index (κ1) is 17.6. The maximum atomic E-state index is 13.2. The second-order valence-corrected chi connectivity index (χ2v) is 6.61. The summed E-state index contributed by atoms with van der Waals surface area (Å²) in [6.45, 7) is 0.849. The van der Waals surface area contributed by atoms with Crippen LogP contribution in [0.2, 0.25) is 0 Å². The largest absolute Gasteiger partial charge is 0.496 e. The Morgan fingerprint density at radius 1 is 1.04 bits per heavy atom. The molecule has 7 heteroatoms. The van der Waals surface area contributed by atoms with Crippen molar-refractivity contribution < 1.29 is 19.0 Å². The Hall–Kier alpha value is -2.80. The highest BCUT2D eigenvalue weighted by atomic mass is 16.5. The number of rotatable bonds is 5. The summed E-state index contributed by atoms with van der Waals surface area (Å²) < 4.78 is 16.5. The van der Waals surface area contributed by atoms with Gasteiger partial charge in [0.1, 0.15) is 17.7 Å². The van der Waals surface area contributed by atoms with Crippen LogP contribution in [0, 0.1) is 0 Å². The third-order valence-corrected chi connectivity index (χ3v) is 5.29. The van der Waals surface area contributed by atoms with Gasteiger partial charge >= 0.3 is 0 Å². The van der Waals surface area contributed by atoms with Gasteiger partial charge in [-0.25, -0.2) is 4.98 Å². The van der Waals surface area contributed by atoms with Gasteiger partial charge in [0.05, 0.1) is 27.4 Å². The number of ether oxygens (including phenoxy) is 3. The van der Waals surface area contributed by atoms with Crippen molar-refractivity contribution in [3.8, 4) is 17.2 Å². The summed E-state index contributed by atoms with van der Waals surface area (Å²) >= 11 is 0. The summed E-state index contributed by atoms with van der Waals surface area (Å²) in [5.41, 5.74) is 0.860. The molecule has 2 aliphatic heterocycles. The van der Waals surface area contributed by atoms with E-state index in [-0.39, 0.29) is 18.1 Å². The lowest BCUT2D eigenvalue weighted by atomic mass is 10.1. The van der Waals surface area contributed by atoms with Crippen LogP contribution in [0.25, 0.3) is 0 Å². The lowest BCUT2D eigenvalue weighted by Crippen LogP contribution is -2.33. The van der Waals surface area contributed by atoms with E-state index in [2.05, 4.69) is 9.88 Å². The first-order chi connectivity index (χ1) is 13.2. The monoisotopic (exact) mass is 369 g/mol. The number of methoxy groups -OCH3 is 3. The van der Waals surface area contributed by atoms with Crippen LogP contribution >= 0.6 is 0 Å². The molecule has 1 amide bonds. The van der Waals surface area contributed by atoms with E-state index in [0.29, 0.717) is 23.1 Å². The Labute approximate surface area is 158 Å². The molecular formula is C20H23N3O4. The van der Waals surface area contributed by atoms with E-state index in [1.54, 1.807) is 38.5 Å². The van der Waals surface area contributed by atoms with E-state index in [0.717, 1.165) is 24.9 Å². The fraction of sp³-hybridized carbons (Fsp3) is 0.400. The van der Waals surface area contributed by atoms with Crippen molar-refractivity contribution in [3.05, 3.63) is 42.1 Å². The first-order valence-corrected chi connectivity index (χ1v) is 8.99. The Morgan fingerprint density at radius 3 is 2.44 bits per heavy atom. The second-order valence-electron chi connectivity index (χ2n) is 6.61. The van der Waals surface area contributed by atoms with Crippen molar-refractivity contribution >= 4 is 11.7 Å². The molecule has 1 aromatic heterocycles. The summed E-state index contributed by atoms with van der Waals surface area (Å²) in [5, 5.41) is 0. The number of anilines is 1. The lowest BCUT2D eigenvalue weighted by molar-refractivity contribution is -0.119. The quantitative estimate of drug-likeness (QED) is 0.807. The van der Waals surface area contributed by atoms with E-state index in [9.17, 15) is 4.79 Å². The number of nitrogens with zero attached hydrogens (tertiary/aromatic N) is 3. The molecule has 2 atom stereocenters. The predicted molar refractivity (Wildman–Crippen MR) is 100 cm³/mol. The van der Waals surface area contributed by atoms with Crippen LogP contribution in [0.15, 0.2) is 36.5 Å². The number of carbonyl (C=O) groups is 1. The van der Waals surface area contributed by atoms with Gasteiger partial charge in [-0.1, -0.05) is 6.07 Å². The maximum absolute atomic E-state index is 13.2.